The van der Waals surface area contributed by atoms with E-state index in [1.165, 1.54) is 36.4 Å². The van der Waals surface area contributed by atoms with Crippen molar-refractivity contribution >= 4 is 15.9 Å². The molecule has 8 nitrogen and oxygen atoms in total. The van der Waals surface area contributed by atoms with E-state index >= 15 is 0 Å². The fraction of sp³-hybridized carbons (Fsp3) is 0.269. The van der Waals surface area contributed by atoms with E-state index in [0.717, 1.165) is 17.7 Å². The monoisotopic (exact) mass is 553 g/mol. The quantitative estimate of drug-likeness (QED) is 0.283. The minimum Gasteiger partial charge on any atom is -0.465 e. The summed E-state index contributed by atoms with van der Waals surface area (Å²) in [7, 11) is -3.91. The number of aliphatic hydroxyl groups is 1. The van der Waals surface area contributed by atoms with Crippen LogP contribution < -0.4 is 14.8 Å². The van der Waals surface area contributed by atoms with E-state index in [1.807, 2.05) is 30.3 Å². The van der Waals surface area contributed by atoms with Crippen LogP contribution in [0.15, 0.2) is 83.8 Å². The lowest BCUT2D eigenvalue weighted by molar-refractivity contribution is -0.274. The summed E-state index contributed by atoms with van der Waals surface area (Å²) in [5, 5.41) is 21.7. The van der Waals surface area contributed by atoms with Crippen LogP contribution in [0, 0.1) is 0 Å². The summed E-state index contributed by atoms with van der Waals surface area (Å²) in [5.74, 6) is -0.492. The van der Waals surface area contributed by atoms with Gasteiger partial charge in [0.2, 0.25) is 0 Å². The normalized spacial score (nSPS) is 13.4. The van der Waals surface area contributed by atoms with E-state index in [-0.39, 0.29) is 29.2 Å². The van der Waals surface area contributed by atoms with Crippen molar-refractivity contribution in [3.05, 3.63) is 84.4 Å². The van der Waals surface area contributed by atoms with Crippen LogP contribution >= 0.6 is 0 Å². The van der Waals surface area contributed by atoms with Gasteiger partial charge in [0.1, 0.15) is 17.2 Å². The minimum atomic E-state index is -4.81. The van der Waals surface area contributed by atoms with Gasteiger partial charge in [-0.15, -0.1) is 13.2 Å². The van der Waals surface area contributed by atoms with Crippen molar-refractivity contribution in [1.29, 1.82) is 0 Å². The molecule has 0 heterocycles. The standard InChI is InChI=1S/C26H26F3NO7S/c27-26(28,29)37-23-10-8-21(9-11-23)36-22-12-14-24(15-13-22)38(34,35)17-19(30-25(32)33)6-7-20(31)16-18-4-2-1-3-5-18/h1-5,8-15,19-20,30-31H,6-7,16-17H2,(H,32,33)/t19-,20?/m0/s1. The molecule has 0 bridgehead atoms. The SMILES string of the molecule is O=C(O)N[C@@H](CCC(O)Cc1ccccc1)CS(=O)(=O)c1ccc(Oc2ccc(OC(F)(F)F)cc2)cc1. The molecule has 0 aliphatic heterocycles. The number of amides is 1. The highest BCUT2D eigenvalue weighted by Crippen LogP contribution is 2.28. The van der Waals surface area contributed by atoms with Gasteiger partial charge in [0, 0.05) is 6.04 Å². The molecule has 0 saturated heterocycles. The number of benzene rings is 3. The van der Waals surface area contributed by atoms with Crippen molar-refractivity contribution in [3.8, 4) is 17.2 Å². The molecule has 0 aliphatic carbocycles. The average molecular weight is 554 g/mol. The molecule has 3 rings (SSSR count). The lowest BCUT2D eigenvalue weighted by Gasteiger charge is -2.19. The van der Waals surface area contributed by atoms with Gasteiger partial charge in [-0.1, -0.05) is 30.3 Å². The third-order valence-corrected chi connectivity index (χ3v) is 7.22. The Bertz CT molecular complexity index is 1280. The summed E-state index contributed by atoms with van der Waals surface area (Å²) >= 11 is 0. The van der Waals surface area contributed by atoms with Gasteiger partial charge >= 0.3 is 12.5 Å². The van der Waals surface area contributed by atoms with Crippen molar-refractivity contribution in [2.75, 3.05) is 5.75 Å². The maximum Gasteiger partial charge on any atom is 0.573 e. The van der Waals surface area contributed by atoms with Crippen LogP contribution in [0.25, 0.3) is 0 Å². The Labute approximate surface area is 217 Å². The van der Waals surface area contributed by atoms with Crippen molar-refractivity contribution in [1.82, 2.24) is 5.32 Å². The molecule has 3 aromatic rings. The van der Waals surface area contributed by atoms with Crippen molar-refractivity contribution in [2.24, 2.45) is 0 Å². The number of ether oxygens (including phenoxy) is 2. The average Bonchev–Trinajstić information content (AvgIpc) is 2.83. The summed E-state index contributed by atoms with van der Waals surface area (Å²) in [6.45, 7) is 0. The second-order valence-electron chi connectivity index (χ2n) is 8.44. The number of hydrogen-bond acceptors (Lipinski definition) is 6. The first kappa shape index (κ1) is 28.8. The van der Waals surface area contributed by atoms with Crippen LogP contribution in [0.4, 0.5) is 18.0 Å². The van der Waals surface area contributed by atoms with E-state index in [4.69, 9.17) is 9.84 Å². The Morgan fingerprint density at radius 3 is 1.97 bits per heavy atom. The van der Waals surface area contributed by atoms with E-state index in [9.17, 15) is 31.5 Å². The van der Waals surface area contributed by atoms with Gasteiger partial charge in [-0.05, 0) is 73.4 Å². The number of halogens is 3. The molecule has 0 radical (unpaired) electrons. The van der Waals surface area contributed by atoms with Crippen LogP contribution in [0.3, 0.4) is 0 Å². The predicted octanol–water partition coefficient (Wildman–Crippen LogP) is 5.17. The fourth-order valence-corrected chi connectivity index (χ4v) is 5.20. The summed E-state index contributed by atoms with van der Waals surface area (Å²) in [6.07, 6.45) is -6.32. The van der Waals surface area contributed by atoms with E-state index in [2.05, 4.69) is 10.1 Å². The number of carbonyl (C=O) groups is 1. The van der Waals surface area contributed by atoms with Crippen LogP contribution in [0.2, 0.25) is 0 Å². The summed E-state index contributed by atoms with van der Waals surface area (Å²) < 4.78 is 72.0. The molecule has 0 aliphatic rings. The topological polar surface area (TPSA) is 122 Å². The summed E-state index contributed by atoms with van der Waals surface area (Å²) in [5.41, 5.74) is 0.906. The molecule has 12 heteroatoms. The predicted molar refractivity (Wildman–Crippen MR) is 132 cm³/mol. The highest BCUT2D eigenvalue weighted by molar-refractivity contribution is 7.91. The molecule has 2 atom stereocenters. The molecule has 3 aromatic carbocycles. The van der Waals surface area contributed by atoms with Gasteiger partial charge in [-0.2, -0.15) is 0 Å². The molecular formula is C26H26F3NO7S. The fourth-order valence-electron chi connectivity index (χ4n) is 3.68. The highest BCUT2D eigenvalue weighted by atomic mass is 32.2. The van der Waals surface area contributed by atoms with Gasteiger partial charge in [0.25, 0.3) is 0 Å². The Kier molecular flexibility index (Phi) is 9.59. The number of carboxylic acid groups (broad SMARTS) is 1. The van der Waals surface area contributed by atoms with Crippen molar-refractivity contribution in [3.63, 3.8) is 0 Å². The second kappa shape index (κ2) is 12.7. The lowest BCUT2D eigenvalue weighted by atomic mass is 10.0. The number of sulfone groups is 1. The van der Waals surface area contributed by atoms with Gasteiger partial charge in [-0.25, -0.2) is 13.2 Å². The zero-order valence-corrected chi connectivity index (χ0v) is 20.8. The lowest BCUT2D eigenvalue weighted by Crippen LogP contribution is -2.39. The van der Waals surface area contributed by atoms with E-state index in [1.54, 1.807) is 0 Å². The van der Waals surface area contributed by atoms with Crippen LogP contribution in [0.1, 0.15) is 18.4 Å². The Morgan fingerprint density at radius 1 is 0.868 bits per heavy atom. The van der Waals surface area contributed by atoms with Crippen LogP contribution in [-0.2, 0) is 16.3 Å². The Morgan fingerprint density at radius 2 is 1.42 bits per heavy atom. The molecule has 0 fully saturated rings. The molecule has 3 N–H and O–H groups in total. The summed E-state index contributed by atoms with van der Waals surface area (Å²) in [6, 6.07) is 18.3. The number of rotatable bonds is 12. The Hall–Kier alpha value is -3.77. The summed E-state index contributed by atoms with van der Waals surface area (Å²) in [4.78, 5) is 11.2. The van der Waals surface area contributed by atoms with E-state index in [0.29, 0.717) is 6.42 Å². The number of hydrogen-bond donors (Lipinski definition) is 3. The first-order valence-electron chi connectivity index (χ1n) is 11.5. The first-order chi connectivity index (χ1) is 17.9. The zero-order chi connectivity index (χ0) is 27.8. The molecule has 1 amide bonds. The van der Waals surface area contributed by atoms with Crippen LogP contribution in [-0.4, -0.2) is 49.0 Å². The minimum absolute atomic E-state index is 0.0687. The number of nitrogens with one attached hydrogen (secondary N) is 1. The molecule has 38 heavy (non-hydrogen) atoms. The van der Waals surface area contributed by atoms with Gasteiger partial charge in [0.15, 0.2) is 9.84 Å². The first-order valence-corrected chi connectivity index (χ1v) is 13.1. The molecule has 204 valence electrons. The van der Waals surface area contributed by atoms with E-state index < -0.39 is 45.9 Å². The van der Waals surface area contributed by atoms with Crippen molar-refractivity contribution < 1.29 is 46.1 Å². The van der Waals surface area contributed by atoms with Crippen molar-refractivity contribution in [2.45, 2.75) is 42.7 Å². The zero-order valence-electron chi connectivity index (χ0n) is 20.0. The smallest absolute Gasteiger partial charge is 0.465 e. The largest absolute Gasteiger partial charge is 0.573 e. The second-order valence-corrected chi connectivity index (χ2v) is 10.5. The highest BCUT2D eigenvalue weighted by Gasteiger charge is 2.31. The third-order valence-electron chi connectivity index (χ3n) is 5.39. The number of alkyl halides is 3. The van der Waals surface area contributed by atoms with Crippen LogP contribution in [0.5, 0.6) is 17.2 Å². The van der Waals surface area contributed by atoms with Gasteiger partial charge < -0.3 is 25.0 Å². The molecule has 0 spiro atoms. The molecule has 0 saturated carbocycles. The third kappa shape index (κ3) is 9.60. The van der Waals surface area contributed by atoms with Gasteiger partial charge in [0.05, 0.1) is 16.8 Å². The maximum atomic E-state index is 12.9. The maximum absolute atomic E-state index is 12.9. The Balaban J connectivity index is 1.60. The molecular weight excluding hydrogens is 527 g/mol. The molecule has 0 aromatic heterocycles. The molecule has 1 unspecified atom stereocenters. The van der Waals surface area contributed by atoms with Gasteiger partial charge in [-0.3, -0.25) is 0 Å². The number of aliphatic hydroxyl groups excluding tert-OH is 1.